The number of rotatable bonds is 2. The van der Waals surface area contributed by atoms with E-state index in [1.54, 1.807) is 18.2 Å². The van der Waals surface area contributed by atoms with Crippen molar-refractivity contribution in [3.8, 4) is 0 Å². The standard InChI is InChI=1S/C11H11F3O2/c12-11(13,14)9(10-15-6-7-16-10)8-4-2-1-3-5-8/h1-5,9-10H,6-7H2/t9-/m0/s1. The summed E-state index contributed by atoms with van der Waals surface area (Å²) in [4.78, 5) is 0. The molecule has 1 saturated heterocycles. The van der Waals surface area contributed by atoms with Crippen LogP contribution in [0.5, 0.6) is 0 Å². The van der Waals surface area contributed by atoms with E-state index in [-0.39, 0.29) is 18.8 Å². The highest BCUT2D eigenvalue weighted by atomic mass is 19.4. The van der Waals surface area contributed by atoms with Gasteiger partial charge in [0.05, 0.1) is 13.2 Å². The number of hydrogen-bond donors (Lipinski definition) is 0. The van der Waals surface area contributed by atoms with E-state index in [4.69, 9.17) is 9.47 Å². The summed E-state index contributed by atoms with van der Waals surface area (Å²) in [6, 6.07) is 7.69. The summed E-state index contributed by atoms with van der Waals surface area (Å²) in [5.41, 5.74) is 0.168. The monoisotopic (exact) mass is 232 g/mol. The number of alkyl halides is 3. The minimum absolute atomic E-state index is 0.168. The predicted molar refractivity (Wildman–Crippen MR) is 50.9 cm³/mol. The van der Waals surface area contributed by atoms with Crippen molar-refractivity contribution in [2.45, 2.75) is 18.4 Å². The van der Waals surface area contributed by atoms with Crippen molar-refractivity contribution < 1.29 is 22.6 Å². The number of benzene rings is 1. The minimum Gasteiger partial charge on any atom is -0.349 e. The molecule has 0 amide bonds. The van der Waals surface area contributed by atoms with Gasteiger partial charge in [0, 0.05) is 0 Å². The highest BCUT2D eigenvalue weighted by Crippen LogP contribution is 2.39. The molecule has 1 heterocycles. The third-order valence-electron chi connectivity index (χ3n) is 2.43. The normalized spacial score (nSPS) is 19.9. The van der Waals surface area contributed by atoms with Crippen molar-refractivity contribution >= 4 is 0 Å². The Balaban J connectivity index is 2.28. The summed E-state index contributed by atoms with van der Waals surface area (Å²) in [7, 11) is 0. The quantitative estimate of drug-likeness (QED) is 0.780. The molecule has 0 saturated carbocycles. The first-order valence-corrected chi connectivity index (χ1v) is 4.94. The SMILES string of the molecule is FC(F)(F)[C@@H](c1ccccc1)C1OCCO1. The first kappa shape index (κ1) is 11.4. The lowest BCUT2D eigenvalue weighted by atomic mass is 9.98. The molecule has 0 radical (unpaired) electrons. The molecule has 2 rings (SSSR count). The Hall–Kier alpha value is -1.07. The molecular formula is C11H11F3O2. The fourth-order valence-corrected chi connectivity index (χ4v) is 1.73. The van der Waals surface area contributed by atoms with Crippen LogP contribution in [0.2, 0.25) is 0 Å². The first-order chi connectivity index (χ1) is 7.59. The van der Waals surface area contributed by atoms with Gasteiger partial charge >= 0.3 is 6.18 Å². The summed E-state index contributed by atoms with van der Waals surface area (Å²) in [5, 5.41) is 0. The Morgan fingerprint density at radius 3 is 2.12 bits per heavy atom. The zero-order chi connectivity index (χ0) is 11.6. The third-order valence-corrected chi connectivity index (χ3v) is 2.43. The van der Waals surface area contributed by atoms with E-state index in [9.17, 15) is 13.2 Å². The molecule has 1 fully saturated rings. The maximum absolute atomic E-state index is 12.9. The lowest BCUT2D eigenvalue weighted by molar-refractivity contribution is -0.207. The van der Waals surface area contributed by atoms with Gasteiger partial charge < -0.3 is 9.47 Å². The molecule has 1 aromatic rings. The molecule has 2 nitrogen and oxygen atoms in total. The second kappa shape index (κ2) is 4.43. The Bertz CT molecular complexity index is 331. The fourth-order valence-electron chi connectivity index (χ4n) is 1.73. The highest BCUT2D eigenvalue weighted by molar-refractivity contribution is 5.22. The summed E-state index contributed by atoms with van der Waals surface area (Å²) < 4.78 is 48.6. The van der Waals surface area contributed by atoms with E-state index in [0.717, 1.165) is 0 Å². The van der Waals surface area contributed by atoms with E-state index >= 15 is 0 Å². The van der Waals surface area contributed by atoms with Crippen molar-refractivity contribution in [1.82, 2.24) is 0 Å². The molecule has 0 aliphatic carbocycles. The molecule has 0 N–H and O–H groups in total. The van der Waals surface area contributed by atoms with Crippen LogP contribution in [0, 0.1) is 0 Å². The second-order valence-electron chi connectivity index (χ2n) is 3.54. The second-order valence-corrected chi connectivity index (χ2v) is 3.54. The van der Waals surface area contributed by atoms with Gasteiger partial charge in [-0.3, -0.25) is 0 Å². The zero-order valence-electron chi connectivity index (χ0n) is 8.41. The average Bonchev–Trinajstić information content (AvgIpc) is 2.71. The van der Waals surface area contributed by atoms with E-state index in [1.165, 1.54) is 12.1 Å². The predicted octanol–water partition coefficient (Wildman–Crippen LogP) is 2.71. The molecule has 5 heteroatoms. The van der Waals surface area contributed by atoms with Crippen molar-refractivity contribution in [2.24, 2.45) is 0 Å². The van der Waals surface area contributed by atoms with Gasteiger partial charge in [-0.05, 0) is 5.56 Å². The van der Waals surface area contributed by atoms with Crippen LogP contribution >= 0.6 is 0 Å². The van der Waals surface area contributed by atoms with E-state index in [1.807, 2.05) is 0 Å². The van der Waals surface area contributed by atoms with Gasteiger partial charge in [-0.15, -0.1) is 0 Å². The van der Waals surface area contributed by atoms with Crippen LogP contribution in [0.25, 0.3) is 0 Å². The maximum atomic E-state index is 12.9. The van der Waals surface area contributed by atoms with Crippen LogP contribution in [0.1, 0.15) is 11.5 Å². The number of halogens is 3. The van der Waals surface area contributed by atoms with Crippen LogP contribution in [-0.2, 0) is 9.47 Å². The minimum atomic E-state index is -4.36. The molecule has 0 unspecified atom stereocenters. The summed E-state index contributed by atoms with van der Waals surface area (Å²) in [5.74, 6) is -1.71. The summed E-state index contributed by atoms with van der Waals surface area (Å²) in [6.07, 6.45) is -5.58. The largest absolute Gasteiger partial charge is 0.400 e. The molecule has 1 aliphatic rings. The zero-order valence-corrected chi connectivity index (χ0v) is 8.41. The van der Waals surface area contributed by atoms with Gasteiger partial charge in [-0.2, -0.15) is 13.2 Å². The fraction of sp³-hybridized carbons (Fsp3) is 0.455. The van der Waals surface area contributed by atoms with Crippen LogP contribution < -0.4 is 0 Å². The van der Waals surface area contributed by atoms with Gasteiger partial charge in [0.2, 0.25) is 0 Å². The molecule has 0 spiro atoms. The van der Waals surface area contributed by atoms with Gasteiger partial charge in [-0.1, -0.05) is 30.3 Å². The van der Waals surface area contributed by atoms with Crippen molar-refractivity contribution in [2.75, 3.05) is 13.2 Å². The molecule has 88 valence electrons. The summed E-state index contributed by atoms with van der Waals surface area (Å²) >= 11 is 0. The highest BCUT2D eigenvalue weighted by Gasteiger charge is 2.48. The molecule has 16 heavy (non-hydrogen) atoms. The summed E-state index contributed by atoms with van der Waals surface area (Å²) in [6.45, 7) is 0.425. The van der Waals surface area contributed by atoms with Crippen LogP contribution in [0.15, 0.2) is 30.3 Å². The van der Waals surface area contributed by atoms with E-state index in [2.05, 4.69) is 0 Å². The first-order valence-electron chi connectivity index (χ1n) is 4.94. The van der Waals surface area contributed by atoms with Crippen LogP contribution in [0.4, 0.5) is 13.2 Å². The topological polar surface area (TPSA) is 18.5 Å². The van der Waals surface area contributed by atoms with Gasteiger partial charge in [0.1, 0.15) is 5.92 Å². The molecule has 1 aromatic carbocycles. The molecule has 0 bridgehead atoms. The lowest BCUT2D eigenvalue weighted by Crippen LogP contribution is -2.32. The van der Waals surface area contributed by atoms with Crippen molar-refractivity contribution in [3.63, 3.8) is 0 Å². The number of ether oxygens (including phenoxy) is 2. The molecule has 0 aromatic heterocycles. The van der Waals surface area contributed by atoms with Crippen molar-refractivity contribution in [1.29, 1.82) is 0 Å². The Kier molecular flexibility index (Phi) is 3.16. The number of hydrogen-bond acceptors (Lipinski definition) is 2. The lowest BCUT2D eigenvalue weighted by Gasteiger charge is -2.24. The van der Waals surface area contributed by atoms with E-state index < -0.39 is 18.4 Å². The van der Waals surface area contributed by atoms with Gasteiger partial charge in [0.25, 0.3) is 0 Å². The Morgan fingerprint density at radius 2 is 1.62 bits per heavy atom. The molecule has 1 aliphatic heterocycles. The maximum Gasteiger partial charge on any atom is 0.400 e. The Morgan fingerprint density at radius 1 is 1.06 bits per heavy atom. The smallest absolute Gasteiger partial charge is 0.349 e. The molecule has 1 atom stereocenters. The van der Waals surface area contributed by atoms with E-state index in [0.29, 0.717) is 0 Å². The Labute approximate surface area is 91.0 Å². The third kappa shape index (κ3) is 2.36. The van der Waals surface area contributed by atoms with Gasteiger partial charge in [0.15, 0.2) is 6.29 Å². The van der Waals surface area contributed by atoms with Crippen molar-refractivity contribution in [3.05, 3.63) is 35.9 Å². The average molecular weight is 232 g/mol. The molecular weight excluding hydrogens is 221 g/mol. The van der Waals surface area contributed by atoms with Gasteiger partial charge in [-0.25, -0.2) is 0 Å². The van der Waals surface area contributed by atoms with Crippen LogP contribution in [-0.4, -0.2) is 25.7 Å². The van der Waals surface area contributed by atoms with Crippen LogP contribution in [0.3, 0.4) is 0 Å².